The van der Waals surface area contributed by atoms with Gasteiger partial charge < -0.3 is 36.1 Å². The summed E-state index contributed by atoms with van der Waals surface area (Å²) in [6.45, 7) is 6.23. The van der Waals surface area contributed by atoms with Gasteiger partial charge in [0.25, 0.3) is 0 Å². The van der Waals surface area contributed by atoms with Crippen LogP contribution in [-0.4, -0.2) is 51.8 Å². The van der Waals surface area contributed by atoms with Crippen LogP contribution in [0.25, 0.3) is 0 Å². The van der Waals surface area contributed by atoms with Crippen molar-refractivity contribution in [2.45, 2.75) is 12.8 Å². The highest BCUT2D eigenvalue weighted by Gasteiger charge is 2.17. The molecule has 0 radical (unpaired) electrons. The van der Waals surface area contributed by atoms with E-state index in [0.29, 0.717) is 40.6 Å². The number of halogens is 1. The zero-order valence-electron chi connectivity index (χ0n) is 19.4. The van der Waals surface area contributed by atoms with Crippen molar-refractivity contribution < 1.29 is 9.13 Å². The molecule has 0 spiro atoms. The van der Waals surface area contributed by atoms with Crippen molar-refractivity contribution >= 4 is 28.8 Å². The molecule has 0 saturated carbocycles. The summed E-state index contributed by atoms with van der Waals surface area (Å²) in [5.41, 5.74) is 4.24. The molecule has 1 aliphatic heterocycles. The fourth-order valence-electron chi connectivity index (χ4n) is 3.59. The van der Waals surface area contributed by atoms with Gasteiger partial charge in [0.2, 0.25) is 11.8 Å². The van der Waals surface area contributed by atoms with E-state index in [1.54, 1.807) is 42.6 Å². The number of nitrogens with one attached hydrogen (secondary N) is 3. The molecule has 184 valence electrons. The van der Waals surface area contributed by atoms with Crippen LogP contribution < -0.4 is 20.8 Å². The maximum absolute atomic E-state index is 14.3. The Morgan fingerprint density at radius 3 is 2.69 bits per heavy atom. The van der Waals surface area contributed by atoms with Crippen LogP contribution in [-0.2, 0) is 0 Å². The van der Waals surface area contributed by atoms with E-state index in [4.69, 9.17) is 4.74 Å². The average Bonchev–Trinajstić information content (AvgIpc) is 2.87. The van der Waals surface area contributed by atoms with E-state index >= 15 is 0 Å². The Morgan fingerprint density at radius 2 is 1.94 bits per heavy atom. The monoisotopic (exact) mass is 479 g/mol. The van der Waals surface area contributed by atoms with E-state index in [1.165, 1.54) is 0 Å². The molecule has 3 heterocycles. The van der Waals surface area contributed by atoms with Crippen LogP contribution >= 0.6 is 0 Å². The maximum Gasteiger partial charge on any atom is 0.229 e. The molecule has 10 nitrogen and oxygen atoms in total. The molecule has 3 aromatic rings. The first-order chi connectivity index (χ1) is 17.0. The summed E-state index contributed by atoms with van der Waals surface area (Å²) in [6, 6.07) is 10.3. The van der Waals surface area contributed by atoms with Crippen LogP contribution in [0.1, 0.15) is 12.8 Å². The first-order valence-electron chi connectivity index (χ1n) is 11.3. The smallest absolute Gasteiger partial charge is 0.229 e. The summed E-state index contributed by atoms with van der Waals surface area (Å²) in [7, 11) is 2.14. The quantitative estimate of drug-likeness (QED) is 0.359. The third-order valence-corrected chi connectivity index (χ3v) is 5.57. The minimum Gasteiger partial charge on any atom is -0.739 e. The van der Waals surface area contributed by atoms with Gasteiger partial charge in [-0.3, -0.25) is 0 Å². The molecule has 1 aliphatic rings. The lowest BCUT2D eigenvalue weighted by molar-refractivity contribution is 0.157. The maximum atomic E-state index is 14.3. The van der Waals surface area contributed by atoms with Crippen LogP contribution in [0.15, 0.2) is 61.6 Å². The van der Waals surface area contributed by atoms with Crippen molar-refractivity contribution in [2.24, 2.45) is 5.92 Å². The van der Waals surface area contributed by atoms with Crippen molar-refractivity contribution in [2.75, 3.05) is 42.8 Å². The number of pyridine rings is 1. The van der Waals surface area contributed by atoms with Gasteiger partial charge in [-0.1, -0.05) is 12.6 Å². The number of anilines is 5. The van der Waals surface area contributed by atoms with Crippen molar-refractivity contribution in [3.05, 3.63) is 72.6 Å². The predicted molar refractivity (Wildman–Crippen MR) is 134 cm³/mol. The van der Waals surface area contributed by atoms with E-state index in [9.17, 15) is 9.60 Å². The molecule has 3 N–H and O–H groups in total. The van der Waals surface area contributed by atoms with Gasteiger partial charge in [0, 0.05) is 18.0 Å². The number of hydrogen-bond acceptors (Lipinski definition) is 10. The van der Waals surface area contributed by atoms with Gasteiger partial charge in [-0.2, -0.15) is 4.98 Å². The highest BCUT2D eigenvalue weighted by molar-refractivity contribution is 5.64. The Kier molecular flexibility index (Phi) is 7.91. The number of nitrogens with zero attached hydrogens (tertiary/aromatic N) is 5. The molecule has 0 amide bonds. The summed E-state index contributed by atoms with van der Waals surface area (Å²) in [5, 5.41) is 17.8. The first kappa shape index (κ1) is 24.2. The summed E-state index contributed by atoms with van der Waals surface area (Å²) < 4.78 is 20.2. The number of hydrazine groups is 1. The minimum atomic E-state index is -0.624. The zero-order valence-corrected chi connectivity index (χ0v) is 19.4. The molecule has 1 saturated heterocycles. The number of aromatic nitrogens is 3. The number of rotatable bonds is 10. The molecular weight excluding hydrogens is 451 g/mol. The number of benzene rings is 1. The average molecular weight is 480 g/mol. The minimum absolute atomic E-state index is 0.0200. The normalized spacial score (nSPS) is 14.3. The number of piperidine rings is 1. The van der Waals surface area contributed by atoms with Crippen LogP contribution in [0.2, 0.25) is 0 Å². The Labute approximate surface area is 203 Å². The van der Waals surface area contributed by atoms with Crippen molar-refractivity contribution in [1.82, 2.24) is 25.0 Å². The molecule has 4 rings (SSSR count). The third-order valence-electron chi connectivity index (χ3n) is 5.57. The number of likely N-dealkylation sites (tertiary alicyclic amines) is 1. The molecular formula is C24H28FN8O2-. The Bertz CT molecular complexity index is 1120. The molecule has 35 heavy (non-hydrogen) atoms. The van der Waals surface area contributed by atoms with Gasteiger partial charge in [-0.05, 0) is 63.2 Å². The second-order valence-corrected chi connectivity index (χ2v) is 8.28. The Hall–Kier alpha value is -3.96. The van der Waals surface area contributed by atoms with Crippen LogP contribution in [0.4, 0.5) is 33.2 Å². The molecule has 1 aromatic carbocycles. The second-order valence-electron chi connectivity index (χ2n) is 8.28. The van der Waals surface area contributed by atoms with Gasteiger partial charge in [0.05, 0.1) is 30.4 Å². The lowest BCUT2D eigenvalue weighted by Crippen LogP contribution is -2.32. The van der Waals surface area contributed by atoms with Crippen LogP contribution in [0.3, 0.4) is 0 Å². The topological polar surface area (TPSA) is 114 Å². The van der Waals surface area contributed by atoms with E-state index in [1.807, 2.05) is 0 Å². The highest BCUT2D eigenvalue weighted by Crippen LogP contribution is 2.23. The standard InChI is InChI=1S/C24H28FN8O2/c1-3-33(34)31-19-6-4-5-18(13-19)28-23-21(25)15-27-24(30-23)29-20-7-8-22(26-14-20)35-16-17-9-11-32(2)12-10-17/h3-8,13-15,17,31H,1,9-12,16H2,2H3,(H2,27,28,29,30)/q-1. The summed E-state index contributed by atoms with van der Waals surface area (Å²) in [4.78, 5) is 14.9. The van der Waals surface area contributed by atoms with E-state index < -0.39 is 5.82 Å². The second kappa shape index (κ2) is 11.4. The first-order valence-corrected chi connectivity index (χ1v) is 11.3. The van der Waals surface area contributed by atoms with Crippen molar-refractivity contribution in [3.8, 4) is 5.88 Å². The van der Waals surface area contributed by atoms with Gasteiger partial charge in [0.15, 0.2) is 11.6 Å². The fourth-order valence-corrected chi connectivity index (χ4v) is 3.59. The van der Waals surface area contributed by atoms with Crippen LogP contribution in [0, 0.1) is 16.9 Å². The number of hydrogen-bond donors (Lipinski definition) is 3. The molecule has 0 aliphatic carbocycles. The molecule has 0 bridgehead atoms. The van der Waals surface area contributed by atoms with Gasteiger partial charge in [0.1, 0.15) is 0 Å². The van der Waals surface area contributed by atoms with Crippen LogP contribution in [0.5, 0.6) is 5.88 Å². The van der Waals surface area contributed by atoms with Crippen molar-refractivity contribution in [1.29, 1.82) is 0 Å². The largest absolute Gasteiger partial charge is 0.739 e. The molecule has 0 unspecified atom stereocenters. The predicted octanol–water partition coefficient (Wildman–Crippen LogP) is 4.49. The summed E-state index contributed by atoms with van der Waals surface area (Å²) >= 11 is 0. The van der Waals surface area contributed by atoms with Gasteiger partial charge in [-0.25, -0.2) is 14.4 Å². The van der Waals surface area contributed by atoms with Gasteiger partial charge in [-0.15, -0.1) is 0 Å². The lowest BCUT2D eigenvalue weighted by Gasteiger charge is -2.28. The number of ether oxygens (including phenoxy) is 1. The lowest BCUT2D eigenvalue weighted by atomic mass is 9.98. The zero-order chi connectivity index (χ0) is 24.6. The van der Waals surface area contributed by atoms with Gasteiger partial charge >= 0.3 is 0 Å². The summed E-state index contributed by atoms with van der Waals surface area (Å²) in [6.07, 6.45) is 6.03. The third kappa shape index (κ3) is 7.01. The summed E-state index contributed by atoms with van der Waals surface area (Å²) in [5.74, 6) is 0.650. The van der Waals surface area contributed by atoms with Crippen molar-refractivity contribution in [3.63, 3.8) is 0 Å². The molecule has 0 atom stereocenters. The van der Waals surface area contributed by atoms with E-state index in [2.05, 4.69) is 49.5 Å². The SMILES string of the molecule is C=CN([O-])Nc1cccc(Nc2nc(Nc3ccc(OCC4CCN(C)CC4)nc3)ncc2F)c1. The molecule has 1 fully saturated rings. The fraction of sp³-hybridized carbons (Fsp3) is 0.292. The molecule has 11 heteroatoms. The Morgan fingerprint density at radius 1 is 1.14 bits per heavy atom. The highest BCUT2D eigenvalue weighted by atomic mass is 19.1. The Balaban J connectivity index is 1.35. The van der Waals surface area contributed by atoms with E-state index in [-0.39, 0.29) is 11.8 Å². The number of hydroxylamine groups is 1. The molecule has 2 aromatic heterocycles. The van der Waals surface area contributed by atoms with E-state index in [0.717, 1.165) is 38.3 Å².